The molecule has 1 aliphatic rings. The third-order valence-electron chi connectivity index (χ3n) is 16.6. The van der Waals surface area contributed by atoms with Gasteiger partial charge >= 0.3 is 0 Å². The van der Waals surface area contributed by atoms with Crippen LogP contribution in [-0.2, 0) is 6.42 Å². The van der Waals surface area contributed by atoms with Gasteiger partial charge in [0.2, 0.25) is 0 Å². The summed E-state index contributed by atoms with van der Waals surface area (Å²) in [5.41, 5.74) is 19.3. The van der Waals surface area contributed by atoms with Gasteiger partial charge in [-0.2, -0.15) is 0 Å². The maximum Gasteiger partial charge on any atom is 0.135 e. The number of furan rings is 1. The third-order valence-corrected chi connectivity index (χ3v) is 16.6. The van der Waals surface area contributed by atoms with E-state index in [-0.39, 0.29) is 0 Å². The van der Waals surface area contributed by atoms with E-state index in [0.29, 0.717) is 0 Å². The Hall–Kier alpha value is -10.4. The number of anilines is 6. The molecule has 0 N–H and O–H groups in total. The molecule has 13 aromatic carbocycles. The van der Waals surface area contributed by atoms with E-state index in [1.807, 2.05) is 12.1 Å². The Bertz CT molecular complexity index is 4930. The van der Waals surface area contributed by atoms with Crippen molar-refractivity contribution in [2.24, 2.45) is 0 Å². The van der Waals surface area contributed by atoms with Crippen LogP contribution in [0.2, 0.25) is 0 Å². The second-order valence-corrected chi connectivity index (χ2v) is 21.1. The number of nitrogens with zero attached hydrogens (tertiary/aromatic N) is 3. The van der Waals surface area contributed by atoms with Crippen molar-refractivity contribution in [2.75, 3.05) is 9.80 Å². The van der Waals surface area contributed by atoms with E-state index in [1.165, 1.54) is 76.5 Å². The molecule has 0 saturated heterocycles. The van der Waals surface area contributed by atoms with Gasteiger partial charge in [-0.1, -0.05) is 188 Å². The third kappa shape index (κ3) is 7.52. The minimum atomic E-state index is 0.879. The van der Waals surface area contributed by atoms with Crippen molar-refractivity contribution in [1.29, 1.82) is 0 Å². The Kier molecular flexibility index (Phi) is 10.7. The molecule has 2 aromatic heterocycles. The van der Waals surface area contributed by atoms with Crippen LogP contribution >= 0.6 is 0 Å². The number of aromatic nitrogens is 1. The molecule has 0 aliphatic heterocycles. The number of allylic oxidation sites excluding steroid dienone is 1. The van der Waals surface area contributed by atoms with Crippen LogP contribution in [0.3, 0.4) is 0 Å². The zero-order valence-electron chi connectivity index (χ0n) is 43.8. The van der Waals surface area contributed by atoms with Gasteiger partial charge < -0.3 is 18.8 Å². The van der Waals surface area contributed by atoms with E-state index in [0.717, 1.165) is 85.6 Å². The normalized spacial score (nSPS) is 12.3. The minimum absolute atomic E-state index is 0.879. The van der Waals surface area contributed by atoms with Crippen molar-refractivity contribution >= 4 is 116 Å². The zero-order chi connectivity index (χ0) is 52.7. The summed E-state index contributed by atoms with van der Waals surface area (Å²) in [5, 5.41) is 12.1. The number of benzene rings is 13. The topological polar surface area (TPSA) is 24.6 Å². The van der Waals surface area contributed by atoms with Crippen LogP contribution in [0.25, 0.3) is 110 Å². The fourth-order valence-corrected chi connectivity index (χ4v) is 12.8. The van der Waals surface area contributed by atoms with Crippen molar-refractivity contribution in [2.45, 2.75) is 12.8 Å². The molecule has 4 nitrogen and oxygen atoms in total. The van der Waals surface area contributed by atoms with Gasteiger partial charge in [-0.15, -0.1) is 0 Å². The predicted molar refractivity (Wildman–Crippen MR) is 338 cm³/mol. The van der Waals surface area contributed by atoms with Gasteiger partial charge in [0.15, 0.2) is 0 Å². The summed E-state index contributed by atoms with van der Waals surface area (Å²) in [6, 6.07) is 99.7. The predicted octanol–water partition coefficient (Wildman–Crippen LogP) is 21.4. The van der Waals surface area contributed by atoms with Gasteiger partial charge in [-0.25, -0.2) is 0 Å². The average Bonchev–Trinajstić information content (AvgIpc) is 4.27. The maximum atomic E-state index is 6.32. The highest BCUT2D eigenvalue weighted by atomic mass is 16.3. The Balaban J connectivity index is 0.762. The number of rotatable bonds is 9. The number of aryl methyl sites for hydroxylation is 1. The van der Waals surface area contributed by atoms with Crippen LogP contribution in [0.5, 0.6) is 0 Å². The lowest BCUT2D eigenvalue weighted by molar-refractivity contribution is 0.669. The fourth-order valence-electron chi connectivity index (χ4n) is 12.8. The number of para-hydroxylation sites is 3. The smallest absolute Gasteiger partial charge is 0.135 e. The number of hydrogen-bond donors (Lipinski definition) is 0. The highest BCUT2D eigenvalue weighted by Gasteiger charge is 2.24. The summed E-state index contributed by atoms with van der Waals surface area (Å²) >= 11 is 0. The molecule has 1 aliphatic carbocycles. The van der Waals surface area contributed by atoms with Gasteiger partial charge in [-0.05, 0) is 165 Å². The Morgan fingerprint density at radius 3 is 1.52 bits per heavy atom. The van der Waals surface area contributed by atoms with Gasteiger partial charge in [0.05, 0.1) is 22.4 Å². The standard InChI is InChI=1S/C76H51N3O/c1-2-18-56(19-3-1)79-71-28-14-12-26-67(71)69-48-59(42-44-72(69)79)77(73-46-54-16-4-6-20-61(54)63-22-8-10-24-65(63)73)57-38-34-52(35-39-57)50-30-32-51(33-31-50)53-36-40-58(41-37-53)78(60-43-45-76-70(49-60)68-27-13-15-29-75(68)80-76)74-47-55-17-5-7-21-62(55)64-23-9-11-25-66(64)74/h1-7,9-21,23-49H,8,22H2. The first-order valence-corrected chi connectivity index (χ1v) is 27.7. The fraction of sp³-hybridized carbons (Fsp3) is 0.0263. The summed E-state index contributed by atoms with van der Waals surface area (Å²) in [6.07, 6.45) is 6.74. The Labute approximate surface area is 463 Å². The maximum absolute atomic E-state index is 6.32. The van der Waals surface area contributed by atoms with Crippen LogP contribution in [0, 0.1) is 0 Å². The molecule has 15 aromatic rings. The lowest BCUT2D eigenvalue weighted by atomic mass is 9.89. The van der Waals surface area contributed by atoms with Crippen LogP contribution in [0.15, 0.2) is 283 Å². The molecule has 16 rings (SSSR count). The molecular formula is C76H51N3O. The van der Waals surface area contributed by atoms with E-state index >= 15 is 0 Å². The highest BCUT2D eigenvalue weighted by molar-refractivity contribution is 6.16. The first-order chi connectivity index (χ1) is 39.7. The van der Waals surface area contributed by atoms with Gasteiger partial charge in [0.1, 0.15) is 11.2 Å². The first kappa shape index (κ1) is 45.7. The lowest BCUT2D eigenvalue weighted by Gasteiger charge is -2.30. The molecule has 2 heterocycles. The van der Waals surface area contributed by atoms with Crippen LogP contribution in [-0.4, -0.2) is 4.57 Å². The molecule has 0 atom stereocenters. The SMILES string of the molecule is C1=Cc2c(N(c3ccc(-c4ccc(-c5ccc(N(c6ccc7oc8ccccc8c7c6)c6cc7ccccc7c7ccccc67)cc5)cc4)cc3)c3ccc4c(c3)c3ccccc3n4-c3ccccc3)cc3ccccc3c2CC1. The molecule has 80 heavy (non-hydrogen) atoms. The second-order valence-electron chi connectivity index (χ2n) is 21.1. The Morgan fingerprint density at radius 1 is 0.325 bits per heavy atom. The number of hydrogen-bond acceptors (Lipinski definition) is 3. The van der Waals surface area contributed by atoms with E-state index in [1.54, 1.807) is 0 Å². The summed E-state index contributed by atoms with van der Waals surface area (Å²) < 4.78 is 8.71. The van der Waals surface area contributed by atoms with Crippen molar-refractivity contribution in [3.05, 3.63) is 290 Å². The van der Waals surface area contributed by atoms with E-state index in [4.69, 9.17) is 4.42 Å². The van der Waals surface area contributed by atoms with E-state index in [2.05, 4.69) is 287 Å². The van der Waals surface area contributed by atoms with E-state index < -0.39 is 0 Å². The molecule has 0 fully saturated rings. The molecule has 0 radical (unpaired) electrons. The van der Waals surface area contributed by atoms with Crippen molar-refractivity contribution in [1.82, 2.24) is 4.57 Å². The quantitative estimate of drug-likeness (QED) is 0.135. The van der Waals surface area contributed by atoms with Crippen LogP contribution < -0.4 is 9.80 Å². The van der Waals surface area contributed by atoms with Crippen molar-refractivity contribution in [3.8, 4) is 27.9 Å². The molecule has 4 heteroatoms. The second kappa shape index (κ2) is 18.7. The van der Waals surface area contributed by atoms with Crippen molar-refractivity contribution < 1.29 is 4.42 Å². The first-order valence-electron chi connectivity index (χ1n) is 27.7. The average molecular weight is 1020 g/mol. The largest absolute Gasteiger partial charge is 0.456 e. The molecule has 0 bridgehead atoms. The molecule has 0 spiro atoms. The number of fused-ring (bicyclic) bond motifs is 12. The van der Waals surface area contributed by atoms with Crippen LogP contribution in [0.4, 0.5) is 34.1 Å². The summed E-state index contributed by atoms with van der Waals surface area (Å²) in [6.45, 7) is 0. The van der Waals surface area contributed by atoms with E-state index in [9.17, 15) is 0 Å². The molecule has 0 amide bonds. The van der Waals surface area contributed by atoms with Crippen molar-refractivity contribution in [3.63, 3.8) is 0 Å². The van der Waals surface area contributed by atoms with Gasteiger partial charge in [-0.3, -0.25) is 0 Å². The molecule has 0 unspecified atom stereocenters. The summed E-state index contributed by atoms with van der Waals surface area (Å²) in [5.74, 6) is 0. The summed E-state index contributed by atoms with van der Waals surface area (Å²) in [4.78, 5) is 4.88. The zero-order valence-corrected chi connectivity index (χ0v) is 43.8. The van der Waals surface area contributed by atoms with Crippen LogP contribution in [0.1, 0.15) is 17.5 Å². The monoisotopic (exact) mass is 1020 g/mol. The highest BCUT2D eigenvalue weighted by Crippen LogP contribution is 2.47. The summed E-state index contributed by atoms with van der Waals surface area (Å²) in [7, 11) is 0. The van der Waals surface area contributed by atoms with Gasteiger partial charge in [0, 0.05) is 60.9 Å². The minimum Gasteiger partial charge on any atom is -0.456 e. The lowest BCUT2D eigenvalue weighted by Crippen LogP contribution is -2.13. The molecular weight excluding hydrogens is 971 g/mol. The Morgan fingerprint density at radius 2 is 0.812 bits per heavy atom. The molecule has 376 valence electrons. The van der Waals surface area contributed by atoms with Gasteiger partial charge in [0.25, 0.3) is 0 Å². The molecule has 0 saturated carbocycles.